The van der Waals surface area contributed by atoms with Crippen LogP contribution in [-0.2, 0) is 10.0 Å². The third-order valence-electron chi connectivity index (χ3n) is 2.81. The molecule has 0 aliphatic carbocycles. The second kappa shape index (κ2) is 5.74. The molecule has 0 amide bonds. The van der Waals surface area contributed by atoms with Gasteiger partial charge < -0.3 is 5.73 Å². The molecule has 1 aromatic carbocycles. The van der Waals surface area contributed by atoms with Gasteiger partial charge in [-0.1, -0.05) is 6.07 Å². The van der Waals surface area contributed by atoms with Crippen molar-refractivity contribution in [2.45, 2.75) is 17.9 Å². The lowest BCUT2D eigenvalue weighted by atomic mass is 10.2. The number of nitrogen functional groups attached to an aromatic ring is 1. The minimum atomic E-state index is -4.37. The zero-order valence-electron chi connectivity index (χ0n) is 11.0. The second-order valence-corrected chi connectivity index (χ2v) is 6.09. The summed E-state index contributed by atoms with van der Waals surface area (Å²) in [6.45, 7) is 1.54. The predicted molar refractivity (Wildman–Crippen MR) is 73.7 cm³/mol. The summed E-state index contributed by atoms with van der Waals surface area (Å²) in [5.41, 5.74) is 5.64. The van der Waals surface area contributed by atoms with Gasteiger partial charge in [0.05, 0.1) is 0 Å². The van der Waals surface area contributed by atoms with Crippen LogP contribution in [0.2, 0.25) is 0 Å². The van der Waals surface area contributed by atoms with Crippen LogP contribution >= 0.6 is 0 Å². The molecule has 5 nitrogen and oxygen atoms in total. The number of hydrogen-bond acceptors (Lipinski definition) is 4. The molecule has 0 saturated carbocycles. The van der Waals surface area contributed by atoms with Gasteiger partial charge in [0, 0.05) is 24.1 Å². The number of nitrogens with two attached hydrogens (primary N) is 1. The Kier molecular flexibility index (Phi) is 4.19. The van der Waals surface area contributed by atoms with E-state index in [9.17, 15) is 17.2 Å². The number of aromatic nitrogens is 1. The molecule has 0 aliphatic rings. The molecule has 112 valence electrons. The van der Waals surface area contributed by atoms with E-state index in [1.165, 1.54) is 12.4 Å². The molecular formula is C13H13F2N3O2S. The standard InChI is InChI=1S/C13H13F2N3O2S/c1-8(9-3-2-4-17-7-9)18-21(19,20)13-11(14)5-10(16)6-12(13)15/h2-8,18H,16H2,1H3. The number of nitrogens with zero attached hydrogens (tertiary/aromatic N) is 1. The second-order valence-electron chi connectivity index (χ2n) is 4.44. The van der Waals surface area contributed by atoms with Crippen LogP contribution in [0.1, 0.15) is 18.5 Å². The number of halogens is 2. The van der Waals surface area contributed by atoms with Gasteiger partial charge >= 0.3 is 0 Å². The Morgan fingerprint density at radius 2 is 1.90 bits per heavy atom. The average Bonchev–Trinajstić information content (AvgIpc) is 2.37. The summed E-state index contributed by atoms with van der Waals surface area (Å²) in [5, 5.41) is 0. The summed E-state index contributed by atoms with van der Waals surface area (Å²) in [5.74, 6) is -2.48. The fraction of sp³-hybridized carbons (Fsp3) is 0.154. The zero-order valence-corrected chi connectivity index (χ0v) is 11.9. The zero-order chi connectivity index (χ0) is 15.6. The number of sulfonamides is 1. The van der Waals surface area contributed by atoms with Crippen molar-refractivity contribution in [1.29, 1.82) is 0 Å². The van der Waals surface area contributed by atoms with Gasteiger partial charge in [0.1, 0.15) is 11.6 Å². The van der Waals surface area contributed by atoms with Crippen molar-refractivity contribution in [2.24, 2.45) is 0 Å². The van der Waals surface area contributed by atoms with Crippen molar-refractivity contribution in [2.75, 3.05) is 5.73 Å². The van der Waals surface area contributed by atoms with Crippen LogP contribution in [-0.4, -0.2) is 13.4 Å². The molecule has 2 aromatic rings. The Morgan fingerprint density at radius 3 is 2.43 bits per heavy atom. The molecular weight excluding hydrogens is 300 g/mol. The lowest BCUT2D eigenvalue weighted by Gasteiger charge is -2.15. The SMILES string of the molecule is CC(NS(=O)(=O)c1c(F)cc(N)cc1F)c1cccnc1. The van der Waals surface area contributed by atoms with E-state index in [0.29, 0.717) is 5.56 Å². The van der Waals surface area contributed by atoms with Crippen LogP contribution in [0.5, 0.6) is 0 Å². The van der Waals surface area contributed by atoms with Crippen molar-refractivity contribution >= 4 is 15.7 Å². The smallest absolute Gasteiger partial charge is 0.246 e. The molecule has 1 atom stereocenters. The topological polar surface area (TPSA) is 85.1 Å². The summed E-state index contributed by atoms with van der Waals surface area (Å²) < 4.78 is 53.9. The molecule has 0 bridgehead atoms. The molecule has 2 rings (SSSR count). The minimum absolute atomic E-state index is 0.191. The van der Waals surface area contributed by atoms with Gasteiger partial charge in [-0.25, -0.2) is 21.9 Å². The summed E-state index contributed by atoms with van der Waals surface area (Å²) in [4.78, 5) is 2.81. The summed E-state index contributed by atoms with van der Waals surface area (Å²) in [6.07, 6.45) is 2.99. The van der Waals surface area contributed by atoms with Gasteiger partial charge in [-0.2, -0.15) is 0 Å². The Balaban J connectivity index is 2.36. The van der Waals surface area contributed by atoms with Crippen LogP contribution in [0.25, 0.3) is 0 Å². The van der Waals surface area contributed by atoms with Crippen LogP contribution in [0.15, 0.2) is 41.6 Å². The van der Waals surface area contributed by atoms with Crippen LogP contribution < -0.4 is 10.5 Å². The maximum absolute atomic E-state index is 13.7. The average molecular weight is 313 g/mol. The third-order valence-corrected chi connectivity index (χ3v) is 4.40. The first kappa shape index (κ1) is 15.3. The Labute approximate surface area is 120 Å². The molecule has 0 fully saturated rings. The molecule has 0 aliphatic heterocycles. The quantitative estimate of drug-likeness (QED) is 0.845. The number of hydrogen-bond donors (Lipinski definition) is 2. The first-order chi connectivity index (χ1) is 9.81. The Hall–Kier alpha value is -2.06. The summed E-state index contributed by atoms with van der Waals surface area (Å²) in [7, 11) is -4.37. The molecule has 0 saturated heterocycles. The molecule has 0 radical (unpaired) electrons. The largest absolute Gasteiger partial charge is 0.399 e. The maximum Gasteiger partial charge on any atom is 0.246 e. The molecule has 1 aromatic heterocycles. The Morgan fingerprint density at radius 1 is 1.29 bits per heavy atom. The molecule has 21 heavy (non-hydrogen) atoms. The minimum Gasteiger partial charge on any atom is -0.399 e. The van der Waals surface area contributed by atoms with E-state index in [1.807, 2.05) is 0 Å². The van der Waals surface area contributed by atoms with Crippen LogP contribution in [0.3, 0.4) is 0 Å². The highest BCUT2D eigenvalue weighted by atomic mass is 32.2. The first-order valence-corrected chi connectivity index (χ1v) is 7.46. The number of benzene rings is 1. The molecule has 3 N–H and O–H groups in total. The summed E-state index contributed by atoms with van der Waals surface area (Å²) >= 11 is 0. The highest BCUT2D eigenvalue weighted by molar-refractivity contribution is 7.89. The fourth-order valence-corrected chi connectivity index (χ4v) is 3.18. The maximum atomic E-state index is 13.7. The van der Waals surface area contributed by atoms with E-state index in [4.69, 9.17) is 5.73 Å². The van der Waals surface area contributed by atoms with E-state index >= 15 is 0 Å². The molecule has 1 heterocycles. The third kappa shape index (κ3) is 3.34. The van der Waals surface area contributed by atoms with Gasteiger partial charge in [-0.05, 0) is 30.7 Å². The van der Waals surface area contributed by atoms with E-state index in [0.717, 1.165) is 12.1 Å². The van der Waals surface area contributed by atoms with E-state index in [-0.39, 0.29) is 5.69 Å². The van der Waals surface area contributed by atoms with Gasteiger partial charge in [-0.3, -0.25) is 4.98 Å². The molecule has 8 heteroatoms. The van der Waals surface area contributed by atoms with Gasteiger partial charge in [-0.15, -0.1) is 0 Å². The predicted octanol–water partition coefficient (Wildman–Crippen LogP) is 1.98. The number of nitrogens with one attached hydrogen (secondary N) is 1. The highest BCUT2D eigenvalue weighted by Crippen LogP contribution is 2.23. The van der Waals surface area contributed by atoms with Crippen molar-refractivity contribution in [1.82, 2.24) is 9.71 Å². The van der Waals surface area contributed by atoms with Crippen molar-refractivity contribution in [3.63, 3.8) is 0 Å². The van der Waals surface area contributed by atoms with Crippen LogP contribution in [0.4, 0.5) is 14.5 Å². The highest BCUT2D eigenvalue weighted by Gasteiger charge is 2.26. The normalized spacial score (nSPS) is 13.1. The number of rotatable bonds is 4. The van der Waals surface area contributed by atoms with Crippen molar-refractivity contribution < 1.29 is 17.2 Å². The number of anilines is 1. The first-order valence-electron chi connectivity index (χ1n) is 5.98. The van der Waals surface area contributed by atoms with Gasteiger partial charge in [0.2, 0.25) is 10.0 Å². The number of pyridine rings is 1. The molecule has 0 spiro atoms. The lowest BCUT2D eigenvalue weighted by Crippen LogP contribution is -2.28. The molecule has 1 unspecified atom stereocenters. The lowest BCUT2D eigenvalue weighted by molar-refractivity contribution is 0.510. The fourth-order valence-electron chi connectivity index (χ4n) is 1.83. The Bertz CT molecular complexity index is 728. The van der Waals surface area contributed by atoms with Crippen molar-refractivity contribution in [3.05, 3.63) is 53.9 Å². The van der Waals surface area contributed by atoms with Gasteiger partial charge in [0.15, 0.2) is 4.90 Å². The van der Waals surface area contributed by atoms with E-state index in [1.54, 1.807) is 19.1 Å². The van der Waals surface area contributed by atoms with Crippen LogP contribution in [0, 0.1) is 11.6 Å². The van der Waals surface area contributed by atoms with Gasteiger partial charge in [0.25, 0.3) is 0 Å². The monoisotopic (exact) mass is 313 g/mol. The summed E-state index contributed by atoms with van der Waals surface area (Å²) in [6, 6.07) is 4.10. The van der Waals surface area contributed by atoms with E-state index in [2.05, 4.69) is 9.71 Å². The van der Waals surface area contributed by atoms with E-state index < -0.39 is 32.6 Å². The van der Waals surface area contributed by atoms with Crippen molar-refractivity contribution in [3.8, 4) is 0 Å².